The molecule has 4 rings (SSSR count). The van der Waals surface area contributed by atoms with E-state index < -0.39 is 0 Å². The molecule has 0 bridgehead atoms. The second-order valence-corrected chi connectivity index (χ2v) is 7.37. The Morgan fingerprint density at radius 1 is 0.760 bits per heavy atom. The molecule has 2 atom stereocenters. The molecule has 0 amide bonds. The zero-order valence-electron chi connectivity index (χ0n) is 13.9. The van der Waals surface area contributed by atoms with Crippen molar-refractivity contribution in [2.24, 2.45) is 5.92 Å². The summed E-state index contributed by atoms with van der Waals surface area (Å²) < 4.78 is 2.19. The van der Waals surface area contributed by atoms with E-state index in [1.165, 1.54) is 22.5 Å². The Kier molecular flexibility index (Phi) is 4.88. The van der Waals surface area contributed by atoms with E-state index in [0.717, 1.165) is 6.42 Å². The molecule has 2 heteroatoms. The SMILES string of the molecule is IN(c1ccccc1)c1ccc([C@H]2C=CC=C3CC=CC=CC32)cc1. The Balaban J connectivity index is 1.58. The summed E-state index contributed by atoms with van der Waals surface area (Å²) in [7, 11) is 0. The van der Waals surface area contributed by atoms with Crippen molar-refractivity contribution in [3.8, 4) is 0 Å². The topological polar surface area (TPSA) is 3.24 Å². The molecule has 0 spiro atoms. The van der Waals surface area contributed by atoms with Crippen LogP contribution < -0.4 is 3.11 Å². The van der Waals surface area contributed by atoms with Gasteiger partial charge in [0.25, 0.3) is 0 Å². The number of fused-ring (bicyclic) bond motifs is 1. The van der Waals surface area contributed by atoms with Crippen LogP contribution in [-0.4, -0.2) is 0 Å². The Morgan fingerprint density at radius 3 is 2.28 bits per heavy atom. The summed E-state index contributed by atoms with van der Waals surface area (Å²) in [5.41, 5.74) is 5.27. The minimum absolute atomic E-state index is 0.421. The maximum atomic E-state index is 2.37. The Morgan fingerprint density at radius 2 is 1.48 bits per heavy atom. The number of para-hydroxylation sites is 1. The highest BCUT2D eigenvalue weighted by atomic mass is 127. The van der Waals surface area contributed by atoms with E-state index >= 15 is 0 Å². The molecule has 0 aliphatic heterocycles. The highest BCUT2D eigenvalue weighted by molar-refractivity contribution is 14.1. The molecular formula is C23H20IN. The molecule has 2 aliphatic rings. The molecule has 2 aromatic rings. The predicted octanol–water partition coefficient (Wildman–Crippen LogP) is 6.89. The van der Waals surface area contributed by atoms with Crippen molar-refractivity contribution < 1.29 is 0 Å². The number of benzene rings is 2. The molecule has 0 heterocycles. The van der Waals surface area contributed by atoms with Gasteiger partial charge in [-0.25, -0.2) is 0 Å². The van der Waals surface area contributed by atoms with Crippen LogP contribution in [0.25, 0.3) is 0 Å². The van der Waals surface area contributed by atoms with Crippen molar-refractivity contribution in [1.29, 1.82) is 0 Å². The molecule has 25 heavy (non-hydrogen) atoms. The quantitative estimate of drug-likeness (QED) is 0.374. The monoisotopic (exact) mass is 437 g/mol. The summed E-state index contributed by atoms with van der Waals surface area (Å²) in [5.74, 6) is 0.889. The van der Waals surface area contributed by atoms with Crippen LogP contribution in [0, 0.1) is 5.92 Å². The van der Waals surface area contributed by atoms with Gasteiger partial charge in [0, 0.05) is 11.8 Å². The number of allylic oxidation sites excluding steroid dienone is 8. The second kappa shape index (κ2) is 7.44. The fourth-order valence-electron chi connectivity index (χ4n) is 3.53. The summed E-state index contributed by atoms with van der Waals surface area (Å²) in [6.45, 7) is 0. The molecular weight excluding hydrogens is 417 g/mol. The third-order valence-corrected chi connectivity index (χ3v) is 5.96. The first-order valence-electron chi connectivity index (χ1n) is 8.64. The molecule has 1 nitrogen and oxygen atoms in total. The van der Waals surface area contributed by atoms with Crippen LogP contribution in [0.1, 0.15) is 17.9 Å². The third-order valence-electron chi connectivity index (χ3n) is 4.85. The maximum absolute atomic E-state index is 2.37. The molecule has 124 valence electrons. The normalized spacial score (nSPS) is 21.4. The van der Waals surface area contributed by atoms with Gasteiger partial charge in [-0.3, -0.25) is 3.11 Å². The van der Waals surface area contributed by atoms with Gasteiger partial charge in [0.2, 0.25) is 0 Å². The number of anilines is 2. The lowest BCUT2D eigenvalue weighted by Gasteiger charge is -2.27. The highest BCUT2D eigenvalue weighted by Crippen LogP contribution is 2.39. The van der Waals surface area contributed by atoms with Gasteiger partial charge in [-0.1, -0.05) is 78.4 Å². The lowest BCUT2D eigenvalue weighted by atomic mass is 9.77. The first-order valence-corrected chi connectivity index (χ1v) is 9.61. The standard InChI is InChI=1S/C23H20IN/c24-25(20-10-4-2-5-11-20)21-16-14-19(15-17-21)23-13-7-9-18-8-3-1-6-12-22(18)23/h1-7,9-17,22-23H,8H2/t22?,23-/m1/s1. The summed E-state index contributed by atoms with van der Waals surface area (Å²) in [5, 5.41) is 0. The summed E-state index contributed by atoms with van der Waals surface area (Å²) in [6, 6.07) is 19.4. The molecule has 1 unspecified atom stereocenters. The van der Waals surface area contributed by atoms with Crippen LogP contribution >= 0.6 is 22.9 Å². The summed E-state index contributed by atoms with van der Waals surface area (Å²) >= 11 is 2.37. The number of halogens is 1. The molecule has 2 aliphatic carbocycles. The smallest absolute Gasteiger partial charge is 0.0646 e. The van der Waals surface area contributed by atoms with Gasteiger partial charge >= 0.3 is 0 Å². The fraction of sp³-hybridized carbons (Fsp3) is 0.130. The lowest BCUT2D eigenvalue weighted by Crippen LogP contribution is -2.14. The summed E-state index contributed by atoms with van der Waals surface area (Å²) in [4.78, 5) is 0. The van der Waals surface area contributed by atoms with E-state index in [-0.39, 0.29) is 0 Å². The van der Waals surface area contributed by atoms with Crippen molar-refractivity contribution in [2.45, 2.75) is 12.3 Å². The van der Waals surface area contributed by atoms with Crippen molar-refractivity contribution in [2.75, 3.05) is 3.11 Å². The Hall–Kier alpha value is -2.07. The lowest BCUT2D eigenvalue weighted by molar-refractivity contribution is 0.650. The molecule has 0 N–H and O–H groups in total. The van der Waals surface area contributed by atoms with E-state index in [9.17, 15) is 0 Å². The van der Waals surface area contributed by atoms with E-state index in [4.69, 9.17) is 0 Å². The van der Waals surface area contributed by atoms with Crippen molar-refractivity contribution >= 4 is 34.2 Å². The fourth-order valence-corrected chi connectivity index (χ4v) is 4.17. The molecule has 2 aromatic carbocycles. The minimum atomic E-state index is 0.421. The highest BCUT2D eigenvalue weighted by Gasteiger charge is 2.24. The van der Waals surface area contributed by atoms with Gasteiger partial charge in [-0.05, 0) is 36.2 Å². The number of hydrogen-bond acceptors (Lipinski definition) is 1. The van der Waals surface area contributed by atoms with Gasteiger partial charge in [0.15, 0.2) is 0 Å². The predicted molar refractivity (Wildman–Crippen MR) is 115 cm³/mol. The van der Waals surface area contributed by atoms with Gasteiger partial charge < -0.3 is 0 Å². The molecule has 0 aromatic heterocycles. The average Bonchev–Trinajstić information content (AvgIpc) is 2.94. The van der Waals surface area contributed by atoms with Crippen LogP contribution in [0.4, 0.5) is 11.4 Å². The number of nitrogens with zero attached hydrogens (tertiary/aromatic N) is 1. The van der Waals surface area contributed by atoms with E-state index in [0.29, 0.717) is 11.8 Å². The second-order valence-electron chi connectivity index (χ2n) is 6.40. The zero-order valence-corrected chi connectivity index (χ0v) is 16.1. The van der Waals surface area contributed by atoms with Gasteiger partial charge in [-0.15, -0.1) is 0 Å². The first-order chi connectivity index (χ1) is 12.3. The van der Waals surface area contributed by atoms with Crippen molar-refractivity contribution in [1.82, 2.24) is 0 Å². The maximum Gasteiger partial charge on any atom is 0.0646 e. The van der Waals surface area contributed by atoms with E-state index in [1.807, 2.05) is 6.07 Å². The number of rotatable bonds is 3. The van der Waals surface area contributed by atoms with Gasteiger partial charge in [0.1, 0.15) is 0 Å². The molecule has 0 saturated heterocycles. The molecule has 0 radical (unpaired) electrons. The minimum Gasteiger partial charge on any atom is -0.283 e. The number of hydrogen-bond donors (Lipinski definition) is 0. The van der Waals surface area contributed by atoms with Crippen LogP contribution in [0.3, 0.4) is 0 Å². The van der Waals surface area contributed by atoms with Gasteiger partial charge in [0.05, 0.1) is 34.2 Å². The third kappa shape index (κ3) is 3.49. The average molecular weight is 437 g/mol. The van der Waals surface area contributed by atoms with E-state index in [2.05, 4.69) is 117 Å². The Bertz CT molecular complexity index is 843. The van der Waals surface area contributed by atoms with Crippen LogP contribution in [-0.2, 0) is 0 Å². The van der Waals surface area contributed by atoms with E-state index in [1.54, 1.807) is 0 Å². The Labute approximate surface area is 163 Å². The largest absolute Gasteiger partial charge is 0.283 e. The van der Waals surface area contributed by atoms with Crippen LogP contribution in [0.15, 0.2) is 103 Å². The van der Waals surface area contributed by atoms with Crippen molar-refractivity contribution in [3.05, 3.63) is 108 Å². The summed E-state index contributed by atoms with van der Waals surface area (Å²) in [6.07, 6.45) is 16.8. The van der Waals surface area contributed by atoms with Crippen LogP contribution in [0.2, 0.25) is 0 Å². The zero-order chi connectivity index (χ0) is 17.1. The van der Waals surface area contributed by atoms with Gasteiger partial charge in [-0.2, -0.15) is 0 Å². The van der Waals surface area contributed by atoms with Crippen LogP contribution in [0.5, 0.6) is 0 Å². The molecule has 0 saturated carbocycles. The van der Waals surface area contributed by atoms with Crippen molar-refractivity contribution in [3.63, 3.8) is 0 Å². The molecule has 0 fully saturated rings. The first kappa shape index (κ1) is 16.4.